The Balaban J connectivity index is 2.04. The highest BCUT2D eigenvalue weighted by atomic mass is 14.7. The number of nitrogens with two attached hydrogens (primary N) is 1. The predicted molar refractivity (Wildman–Crippen MR) is 51.7 cm³/mol. The van der Waals surface area contributed by atoms with Gasteiger partial charge in [-0.1, -0.05) is 27.2 Å². The molecule has 2 rings (SSSR count). The number of rotatable bonds is 3. The van der Waals surface area contributed by atoms with Crippen LogP contribution in [0.1, 0.15) is 33.6 Å². The van der Waals surface area contributed by atoms with Crippen LogP contribution in [-0.4, -0.2) is 6.54 Å². The van der Waals surface area contributed by atoms with E-state index in [0.717, 1.165) is 30.2 Å². The summed E-state index contributed by atoms with van der Waals surface area (Å²) < 4.78 is 0. The highest BCUT2D eigenvalue weighted by molar-refractivity contribution is 5.15. The molecular formula is C11H21N. The fourth-order valence-corrected chi connectivity index (χ4v) is 3.67. The molecule has 2 fully saturated rings. The minimum atomic E-state index is 0.616. The summed E-state index contributed by atoms with van der Waals surface area (Å²) in [5.74, 6) is 3.86. The smallest absolute Gasteiger partial charge is 0.00460 e. The van der Waals surface area contributed by atoms with Crippen LogP contribution in [0, 0.1) is 29.1 Å². The van der Waals surface area contributed by atoms with Gasteiger partial charge in [0.15, 0.2) is 0 Å². The maximum Gasteiger partial charge on any atom is -0.00460 e. The van der Waals surface area contributed by atoms with Crippen molar-refractivity contribution < 1.29 is 0 Å². The van der Waals surface area contributed by atoms with Gasteiger partial charge in [-0.25, -0.2) is 0 Å². The molecule has 0 amide bonds. The van der Waals surface area contributed by atoms with Crippen molar-refractivity contribution in [1.29, 1.82) is 0 Å². The SMILES string of the molecule is CCC(CN)C1C2CC2C1(C)C. The highest BCUT2D eigenvalue weighted by Gasteiger charge is 2.67. The molecule has 2 aliphatic rings. The van der Waals surface area contributed by atoms with Gasteiger partial charge in [0.05, 0.1) is 0 Å². The second-order valence-corrected chi connectivity index (χ2v) is 5.26. The summed E-state index contributed by atoms with van der Waals surface area (Å²) in [5.41, 5.74) is 6.41. The quantitative estimate of drug-likeness (QED) is 0.685. The molecule has 70 valence electrons. The molecule has 0 aromatic carbocycles. The lowest BCUT2D eigenvalue weighted by molar-refractivity contribution is 0.00433. The van der Waals surface area contributed by atoms with Crippen LogP contribution in [0.5, 0.6) is 0 Å². The number of hydrogen-bond donors (Lipinski definition) is 1. The van der Waals surface area contributed by atoms with E-state index in [4.69, 9.17) is 5.73 Å². The van der Waals surface area contributed by atoms with Crippen molar-refractivity contribution in [2.45, 2.75) is 33.6 Å². The summed E-state index contributed by atoms with van der Waals surface area (Å²) in [6.07, 6.45) is 2.77. The summed E-state index contributed by atoms with van der Waals surface area (Å²) in [4.78, 5) is 0. The van der Waals surface area contributed by atoms with E-state index in [-0.39, 0.29) is 0 Å². The van der Waals surface area contributed by atoms with Crippen molar-refractivity contribution in [3.63, 3.8) is 0 Å². The third-order valence-electron chi connectivity index (χ3n) is 4.45. The average Bonchev–Trinajstić information content (AvgIpc) is 2.76. The van der Waals surface area contributed by atoms with Crippen molar-refractivity contribution in [2.24, 2.45) is 34.8 Å². The minimum Gasteiger partial charge on any atom is -0.330 e. The summed E-state index contributed by atoms with van der Waals surface area (Å²) >= 11 is 0. The number of fused-ring (bicyclic) bond motifs is 1. The molecule has 2 N–H and O–H groups in total. The molecule has 1 heteroatoms. The van der Waals surface area contributed by atoms with Crippen LogP contribution in [0.2, 0.25) is 0 Å². The van der Waals surface area contributed by atoms with Gasteiger partial charge in [0.2, 0.25) is 0 Å². The molecule has 12 heavy (non-hydrogen) atoms. The van der Waals surface area contributed by atoms with Crippen molar-refractivity contribution in [1.82, 2.24) is 0 Å². The highest BCUT2D eigenvalue weighted by Crippen LogP contribution is 2.72. The standard InChI is InChI=1S/C11H21N/c1-4-7(6-12)10-8-5-9(8)11(10,2)3/h7-10H,4-6,12H2,1-3H3. The largest absolute Gasteiger partial charge is 0.330 e. The molecule has 4 unspecified atom stereocenters. The zero-order valence-electron chi connectivity index (χ0n) is 8.51. The molecule has 2 aliphatic carbocycles. The van der Waals surface area contributed by atoms with Crippen LogP contribution in [0.3, 0.4) is 0 Å². The predicted octanol–water partition coefficient (Wildman–Crippen LogP) is 2.26. The number of hydrogen-bond acceptors (Lipinski definition) is 1. The van der Waals surface area contributed by atoms with Crippen LogP contribution in [0.15, 0.2) is 0 Å². The molecule has 0 aromatic heterocycles. The normalized spacial score (nSPS) is 44.5. The Morgan fingerprint density at radius 2 is 2.17 bits per heavy atom. The van der Waals surface area contributed by atoms with E-state index in [1.807, 2.05) is 0 Å². The average molecular weight is 167 g/mol. The molecule has 0 saturated heterocycles. The zero-order chi connectivity index (χ0) is 8.93. The van der Waals surface area contributed by atoms with Crippen LogP contribution in [0.4, 0.5) is 0 Å². The molecule has 0 bridgehead atoms. The van der Waals surface area contributed by atoms with Crippen molar-refractivity contribution in [3.8, 4) is 0 Å². The topological polar surface area (TPSA) is 26.0 Å². The molecule has 2 saturated carbocycles. The Hall–Kier alpha value is -0.0400. The first-order valence-electron chi connectivity index (χ1n) is 5.33. The van der Waals surface area contributed by atoms with E-state index in [2.05, 4.69) is 20.8 Å². The first-order valence-corrected chi connectivity index (χ1v) is 5.33. The Morgan fingerprint density at radius 3 is 2.50 bits per heavy atom. The summed E-state index contributed by atoms with van der Waals surface area (Å²) in [5, 5.41) is 0. The Morgan fingerprint density at radius 1 is 1.50 bits per heavy atom. The van der Waals surface area contributed by atoms with E-state index in [9.17, 15) is 0 Å². The fraction of sp³-hybridized carbons (Fsp3) is 1.00. The lowest BCUT2D eigenvalue weighted by atomic mass is 9.57. The molecule has 1 nitrogen and oxygen atoms in total. The molecule has 0 aromatic rings. The molecule has 0 radical (unpaired) electrons. The van der Waals surface area contributed by atoms with Gasteiger partial charge in [0, 0.05) is 0 Å². The third kappa shape index (κ3) is 0.891. The van der Waals surface area contributed by atoms with E-state index < -0.39 is 0 Å². The van der Waals surface area contributed by atoms with Gasteiger partial charge in [-0.2, -0.15) is 0 Å². The molecule has 0 spiro atoms. The minimum absolute atomic E-state index is 0.616. The molecule has 0 aliphatic heterocycles. The second-order valence-electron chi connectivity index (χ2n) is 5.26. The fourth-order valence-electron chi connectivity index (χ4n) is 3.67. The van der Waals surface area contributed by atoms with Gasteiger partial charge in [-0.15, -0.1) is 0 Å². The summed E-state index contributed by atoms with van der Waals surface area (Å²) in [6.45, 7) is 8.05. The summed E-state index contributed by atoms with van der Waals surface area (Å²) in [7, 11) is 0. The maximum atomic E-state index is 5.80. The van der Waals surface area contributed by atoms with E-state index >= 15 is 0 Å². The van der Waals surface area contributed by atoms with Crippen LogP contribution >= 0.6 is 0 Å². The van der Waals surface area contributed by atoms with Gasteiger partial charge < -0.3 is 5.73 Å². The van der Waals surface area contributed by atoms with E-state index in [1.54, 1.807) is 0 Å². The van der Waals surface area contributed by atoms with Crippen LogP contribution < -0.4 is 5.73 Å². The van der Waals surface area contributed by atoms with Crippen molar-refractivity contribution >= 4 is 0 Å². The monoisotopic (exact) mass is 167 g/mol. The van der Waals surface area contributed by atoms with Crippen molar-refractivity contribution in [2.75, 3.05) is 6.54 Å². The Kier molecular flexibility index (Phi) is 1.76. The molecular weight excluding hydrogens is 146 g/mol. The zero-order valence-corrected chi connectivity index (χ0v) is 8.51. The van der Waals surface area contributed by atoms with Gasteiger partial charge in [0.25, 0.3) is 0 Å². The van der Waals surface area contributed by atoms with Gasteiger partial charge in [-0.3, -0.25) is 0 Å². The van der Waals surface area contributed by atoms with Gasteiger partial charge in [0.1, 0.15) is 0 Å². The second kappa shape index (κ2) is 2.47. The van der Waals surface area contributed by atoms with Crippen LogP contribution in [-0.2, 0) is 0 Å². The van der Waals surface area contributed by atoms with Gasteiger partial charge in [-0.05, 0) is 42.1 Å². The van der Waals surface area contributed by atoms with Gasteiger partial charge >= 0.3 is 0 Å². The first-order chi connectivity index (χ1) is 5.62. The third-order valence-corrected chi connectivity index (χ3v) is 4.45. The molecule has 4 atom stereocenters. The van der Waals surface area contributed by atoms with E-state index in [0.29, 0.717) is 5.41 Å². The lowest BCUT2D eigenvalue weighted by Gasteiger charge is -2.48. The Bertz CT molecular complexity index is 181. The maximum absolute atomic E-state index is 5.80. The lowest BCUT2D eigenvalue weighted by Crippen LogP contribution is -2.45. The van der Waals surface area contributed by atoms with Crippen molar-refractivity contribution in [3.05, 3.63) is 0 Å². The first kappa shape index (κ1) is 8.55. The molecule has 0 heterocycles. The summed E-state index contributed by atoms with van der Waals surface area (Å²) in [6, 6.07) is 0. The van der Waals surface area contributed by atoms with E-state index in [1.165, 1.54) is 12.8 Å². The van der Waals surface area contributed by atoms with Crippen LogP contribution in [0.25, 0.3) is 0 Å². The Labute approximate surface area is 75.7 Å².